The molecule has 17 heavy (non-hydrogen) atoms. The lowest BCUT2D eigenvalue weighted by Crippen LogP contribution is -2.14. The van der Waals surface area contributed by atoms with Crippen molar-refractivity contribution in [1.82, 2.24) is 4.98 Å². The van der Waals surface area contributed by atoms with Gasteiger partial charge in [-0.2, -0.15) is 0 Å². The number of nitrogens with two attached hydrogens (primary N) is 1. The summed E-state index contributed by atoms with van der Waals surface area (Å²) in [6.45, 7) is 0. The Bertz CT molecular complexity index is 491. The van der Waals surface area contributed by atoms with Gasteiger partial charge in [-0.15, -0.1) is 0 Å². The van der Waals surface area contributed by atoms with Gasteiger partial charge in [-0.05, 0) is 17.7 Å². The molecule has 0 radical (unpaired) electrons. The maximum Gasteiger partial charge on any atom is 0.305 e. The van der Waals surface area contributed by atoms with Crippen molar-refractivity contribution in [3.8, 4) is 11.5 Å². The monoisotopic (exact) mass is 232 g/mol. The number of benzene rings is 1. The molecule has 0 aliphatic heterocycles. The molecule has 0 fully saturated rings. The van der Waals surface area contributed by atoms with E-state index in [1.165, 1.54) is 6.26 Å². The Morgan fingerprint density at radius 2 is 2.12 bits per heavy atom. The van der Waals surface area contributed by atoms with Gasteiger partial charge in [0.05, 0.1) is 12.6 Å². The first-order valence-corrected chi connectivity index (χ1v) is 5.14. The molecule has 5 heteroatoms. The summed E-state index contributed by atoms with van der Waals surface area (Å²) in [5.41, 5.74) is 7.36. The Morgan fingerprint density at radius 3 is 2.65 bits per heavy atom. The standard InChI is InChI=1S/C12H12N2O3/c13-10(7-11(15)16)8-1-3-9(4-2-8)12-14-5-6-17-12/h1-6,10H,7,13H2,(H,15,16). The predicted molar refractivity (Wildman–Crippen MR) is 61.1 cm³/mol. The van der Waals surface area contributed by atoms with Crippen molar-refractivity contribution in [3.05, 3.63) is 42.3 Å². The second-order valence-corrected chi connectivity index (χ2v) is 3.66. The number of nitrogens with zero attached hydrogens (tertiary/aromatic N) is 1. The molecule has 1 unspecified atom stereocenters. The molecule has 5 nitrogen and oxygen atoms in total. The third kappa shape index (κ3) is 2.70. The Morgan fingerprint density at radius 1 is 1.41 bits per heavy atom. The molecule has 0 amide bonds. The van der Waals surface area contributed by atoms with Crippen LogP contribution in [0.15, 0.2) is 41.1 Å². The molecule has 88 valence electrons. The van der Waals surface area contributed by atoms with Crippen molar-refractivity contribution >= 4 is 5.97 Å². The molecule has 0 saturated heterocycles. The molecule has 0 spiro atoms. The molecular weight excluding hydrogens is 220 g/mol. The quantitative estimate of drug-likeness (QED) is 0.839. The van der Waals surface area contributed by atoms with E-state index in [1.54, 1.807) is 18.3 Å². The fourth-order valence-electron chi connectivity index (χ4n) is 1.54. The van der Waals surface area contributed by atoms with Gasteiger partial charge in [0, 0.05) is 11.6 Å². The predicted octanol–water partition coefficient (Wildman–Crippen LogP) is 1.82. The Kier molecular flexibility index (Phi) is 3.20. The van der Waals surface area contributed by atoms with Gasteiger partial charge in [-0.3, -0.25) is 4.79 Å². The Hall–Kier alpha value is -2.14. The van der Waals surface area contributed by atoms with Crippen LogP contribution in [-0.4, -0.2) is 16.1 Å². The second kappa shape index (κ2) is 4.80. The third-order valence-electron chi connectivity index (χ3n) is 2.41. The second-order valence-electron chi connectivity index (χ2n) is 3.66. The highest BCUT2D eigenvalue weighted by atomic mass is 16.4. The summed E-state index contributed by atoms with van der Waals surface area (Å²) < 4.78 is 5.15. The number of hydrogen-bond donors (Lipinski definition) is 2. The van der Waals surface area contributed by atoms with Crippen LogP contribution in [0.5, 0.6) is 0 Å². The van der Waals surface area contributed by atoms with Crippen LogP contribution in [-0.2, 0) is 4.79 Å². The number of hydrogen-bond acceptors (Lipinski definition) is 4. The first-order chi connectivity index (χ1) is 8.16. The van der Waals surface area contributed by atoms with Crippen molar-refractivity contribution < 1.29 is 14.3 Å². The van der Waals surface area contributed by atoms with Gasteiger partial charge in [0.1, 0.15) is 6.26 Å². The summed E-state index contributed by atoms with van der Waals surface area (Å²) >= 11 is 0. The average molecular weight is 232 g/mol. The minimum absolute atomic E-state index is 0.0850. The number of rotatable bonds is 4. The molecule has 1 aromatic heterocycles. The lowest BCUT2D eigenvalue weighted by atomic mass is 10.0. The van der Waals surface area contributed by atoms with Crippen molar-refractivity contribution in [3.63, 3.8) is 0 Å². The molecule has 0 bridgehead atoms. The molecule has 0 aliphatic carbocycles. The SMILES string of the molecule is NC(CC(=O)O)c1ccc(-c2ncco2)cc1. The van der Waals surface area contributed by atoms with Gasteiger partial charge in [0.25, 0.3) is 0 Å². The van der Waals surface area contributed by atoms with Gasteiger partial charge >= 0.3 is 5.97 Å². The van der Waals surface area contributed by atoms with Crippen LogP contribution in [0.3, 0.4) is 0 Å². The first kappa shape index (κ1) is 11.3. The first-order valence-electron chi connectivity index (χ1n) is 5.14. The molecule has 1 atom stereocenters. The molecule has 0 saturated carbocycles. The van der Waals surface area contributed by atoms with E-state index in [0.29, 0.717) is 5.89 Å². The van der Waals surface area contributed by atoms with Crippen LogP contribution in [0.1, 0.15) is 18.0 Å². The molecule has 2 rings (SSSR count). The van der Waals surface area contributed by atoms with E-state index in [0.717, 1.165) is 11.1 Å². The maximum absolute atomic E-state index is 10.5. The van der Waals surface area contributed by atoms with Gasteiger partial charge in [0.2, 0.25) is 5.89 Å². The number of carbonyl (C=O) groups is 1. The molecule has 1 heterocycles. The topological polar surface area (TPSA) is 89.4 Å². The third-order valence-corrected chi connectivity index (χ3v) is 2.41. The van der Waals surface area contributed by atoms with E-state index in [1.807, 2.05) is 12.1 Å². The van der Waals surface area contributed by atoms with E-state index in [-0.39, 0.29) is 6.42 Å². The van der Waals surface area contributed by atoms with Gasteiger partial charge in [-0.1, -0.05) is 12.1 Å². The van der Waals surface area contributed by atoms with Crippen molar-refractivity contribution in [2.45, 2.75) is 12.5 Å². The fourth-order valence-corrected chi connectivity index (χ4v) is 1.54. The highest BCUT2D eigenvalue weighted by Crippen LogP contribution is 2.20. The Labute approximate surface area is 97.9 Å². The number of carboxylic acid groups (broad SMARTS) is 1. The number of oxazole rings is 1. The summed E-state index contributed by atoms with van der Waals surface area (Å²) in [5.74, 6) is -0.377. The molecule has 1 aromatic carbocycles. The van der Waals surface area contributed by atoms with Crippen molar-refractivity contribution in [2.75, 3.05) is 0 Å². The van der Waals surface area contributed by atoms with Gasteiger partial charge in [0.15, 0.2) is 0 Å². The number of carboxylic acids is 1. The average Bonchev–Trinajstić information content (AvgIpc) is 2.82. The van der Waals surface area contributed by atoms with E-state index in [9.17, 15) is 4.79 Å². The summed E-state index contributed by atoms with van der Waals surface area (Å²) in [6.07, 6.45) is 2.98. The zero-order chi connectivity index (χ0) is 12.3. The van der Waals surface area contributed by atoms with E-state index >= 15 is 0 Å². The largest absolute Gasteiger partial charge is 0.481 e. The van der Waals surface area contributed by atoms with E-state index < -0.39 is 12.0 Å². The van der Waals surface area contributed by atoms with Crippen LogP contribution in [0.25, 0.3) is 11.5 Å². The minimum Gasteiger partial charge on any atom is -0.481 e. The number of aliphatic carboxylic acids is 1. The summed E-state index contributed by atoms with van der Waals surface area (Å²) in [7, 11) is 0. The Balaban J connectivity index is 2.15. The molecule has 0 aliphatic rings. The zero-order valence-electron chi connectivity index (χ0n) is 9.04. The van der Waals surface area contributed by atoms with Crippen LogP contribution in [0, 0.1) is 0 Å². The number of aromatic nitrogens is 1. The fraction of sp³-hybridized carbons (Fsp3) is 0.167. The van der Waals surface area contributed by atoms with E-state index in [2.05, 4.69) is 4.98 Å². The van der Waals surface area contributed by atoms with Crippen molar-refractivity contribution in [2.24, 2.45) is 5.73 Å². The summed E-state index contributed by atoms with van der Waals surface area (Å²) in [6, 6.07) is 6.69. The molecular formula is C12H12N2O3. The van der Waals surface area contributed by atoms with Crippen molar-refractivity contribution in [1.29, 1.82) is 0 Å². The normalized spacial score (nSPS) is 12.3. The van der Waals surface area contributed by atoms with Crippen LogP contribution in [0.2, 0.25) is 0 Å². The van der Waals surface area contributed by atoms with E-state index in [4.69, 9.17) is 15.3 Å². The highest BCUT2D eigenvalue weighted by Gasteiger charge is 2.11. The highest BCUT2D eigenvalue weighted by molar-refractivity contribution is 5.68. The minimum atomic E-state index is -0.908. The summed E-state index contributed by atoms with van der Waals surface area (Å²) in [4.78, 5) is 14.5. The molecule has 3 N–H and O–H groups in total. The molecule has 2 aromatic rings. The zero-order valence-corrected chi connectivity index (χ0v) is 9.04. The van der Waals surface area contributed by atoms with Crippen LogP contribution < -0.4 is 5.73 Å². The van der Waals surface area contributed by atoms with Gasteiger partial charge < -0.3 is 15.3 Å². The lowest BCUT2D eigenvalue weighted by molar-refractivity contribution is -0.137. The maximum atomic E-state index is 10.5. The summed E-state index contributed by atoms with van der Waals surface area (Å²) in [5, 5.41) is 8.65. The van der Waals surface area contributed by atoms with Crippen LogP contribution in [0.4, 0.5) is 0 Å². The smallest absolute Gasteiger partial charge is 0.305 e. The van der Waals surface area contributed by atoms with Crippen LogP contribution >= 0.6 is 0 Å². The van der Waals surface area contributed by atoms with Gasteiger partial charge in [-0.25, -0.2) is 4.98 Å². The lowest BCUT2D eigenvalue weighted by Gasteiger charge is -2.09.